The molecule has 0 saturated heterocycles. The predicted molar refractivity (Wildman–Crippen MR) is 72.2 cm³/mol. The maximum absolute atomic E-state index is 3.50. The zero-order valence-corrected chi connectivity index (χ0v) is 11.1. The van der Waals surface area contributed by atoms with Crippen molar-refractivity contribution in [2.24, 2.45) is 5.92 Å². The molecular weight excluding hydrogens is 262 g/mol. The van der Waals surface area contributed by atoms with Gasteiger partial charge < -0.3 is 4.90 Å². The number of rotatable bonds is 5. The lowest BCUT2D eigenvalue weighted by Crippen LogP contribution is -2.27. The summed E-state index contributed by atoms with van der Waals surface area (Å²) in [4.78, 5) is 2.63. The SMILES string of the molecule is BrCc1ccc(N(CC2CC2)C2CC2)cc1. The van der Waals surface area contributed by atoms with Gasteiger partial charge in [0.15, 0.2) is 0 Å². The minimum atomic E-state index is 0.843. The normalized spacial score (nSPS) is 19.8. The number of halogens is 1. The topological polar surface area (TPSA) is 3.24 Å². The van der Waals surface area contributed by atoms with E-state index in [9.17, 15) is 0 Å². The van der Waals surface area contributed by atoms with Gasteiger partial charge in [0.2, 0.25) is 0 Å². The van der Waals surface area contributed by atoms with Crippen molar-refractivity contribution in [3.8, 4) is 0 Å². The fourth-order valence-corrected chi connectivity index (χ4v) is 2.58. The molecule has 16 heavy (non-hydrogen) atoms. The maximum atomic E-state index is 3.50. The molecule has 0 heterocycles. The molecular formula is C14H18BrN. The molecule has 0 aliphatic heterocycles. The number of anilines is 1. The summed E-state index contributed by atoms with van der Waals surface area (Å²) in [5, 5.41) is 0.958. The average Bonchev–Trinajstić information content (AvgIpc) is 3.16. The molecule has 1 aromatic carbocycles. The van der Waals surface area contributed by atoms with E-state index < -0.39 is 0 Å². The molecule has 2 fully saturated rings. The molecule has 1 aromatic rings. The molecule has 0 atom stereocenters. The summed E-state index contributed by atoms with van der Waals surface area (Å²) in [5.41, 5.74) is 2.80. The Morgan fingerprint density at radius 2 is 1.75 bits per heavy atom. The van der Waals surface area contributed by atoms with Crippen LogP contribution in [0.5, 0.6) is 0 Å². The molecule has 0 unspecified atom stereocenters. The first-order valence-corrected chi connectivity index (χ1v) is 7.40. The molecule has 1 nitrogen and oxygen atoms in total. The van der Waals surface area contributed by atoms with E-state index in [1.807, 2.05) is 0 Å². The molecule has 0 spiro atoms. The molecule has 3 rings (SSSR count). The van der Waals surface area contributed by atoms with Crippen molar-refractivity contribution in [1.82, 2.24) is 0 Å². The zero-order chi connectivity index (χ0) is 11.0. The van der Waals surface area contributed by atoms with Crippen LogP contribution in [0.3, 0.4) is 0 Å². The van der Waals surface area contributed by atoms with Gasteiger partial charge in [0, 0.05) is 23.6 Å². The van der Waals surface area contributed by atoms with Crippen LogP contribution in [0.4, 0.5) is 5.69 Å². The largest absolute Gasteiger partial charge is 0.368 e. The molecule has 0 N–H and O–H groups in total. The lowest BCUT2D eigenvalue weighted by Gasteiger charge is -2.24. The predicted octanol–water partition coefficient (Wildman–Crippen LogP) is 3.96. The third-order valence-corrected chi connectivity index (χ3v) is 4.21. The van der Waals surface area contributed by atoms with Crippen LogP contribution in [0.1, 0.15) is 31.2 Å². The van der Waals surface area contributed by atoms with Crippen molar-refractivity contribution >= 4 is 21.6 Å². The van der Waals surface area contributed by atoms with E-state index in [2.05, 4.69) is 45.1 Å². The summed E-state index contributed by atoms with van der Waals surface area (Å²) >= 11 is 3.50. The monoisotopic (exact) mass is 279 g/mol. The van der Waals surface area contributed by atoms with Gasteiger partial charge in [-0.3, -0.25) is 0 Å². The molecule has 0 amide bonds. The van der Waals surface area contributed by atoms with E-state index in [0.717, 1.165) is 17.3 Å². The quantitative estimate of drug-likeness (QED) is 0.738. The summed E-state index contributed by atoms with van der Waals surface area (Å²) in [6.07, 6.45) is 5.69. The van der Waals surface area contributed by atoms with Gasteiger partial charge in [-0.05, 0) is 49.3 Å². The summed E-state index contributed by atoms with van der Waals surface area (Å²) in [6, 6.07) is 9.91. The van der Waals surface area contributed by atoms with Gasteiger partial charge in [0.1, 0.15) is 0 Å². The molecule has 2 aliphatic rings. The Bertz CT molecular complexity index is 352. The third-order valence-electron chi connectivity index (χ3n) is 3.56. The minimum Gasteiger partial charge on any atom is -0.368 e. The highest BCUT2D eigenvalue weighted by atomic mass is 79.9. The standard InChI is InChI=1S/C14H18BrN/c15-9-11-3-5-13(6-4-11)16(14-7-8-14)10-12-1-2-12/h3-6,12,14H,1-2,7-10H2. The van der Waals surface area contributed by atoms with Crippen LogP contribution in [-0.4, -0.2) is 12.6 Å². The number of nitrogens with zero attached hydrogens (tertiary/aromatic N) is 1. The summed E-state index contributed by atoms with van der Waals surface area (Å²) < 4.78 is 0. The van der Waals surface area contributed by atoms with Gasteiger partial charge in [0.25, 0.3) is 0 Å². The number of hydrogen-bond donors (Lipinski definition) is 0. The Labute approximate surface area is 106 Å². The van der Waals surface area contributed by atoms with Crippen molar-refractivity contribution in [2.75, 3.05) is 11.4 Å². The second kappa shape index (κ2) is 4.40. The first kappa shape index (κ1) is 10.6. The van der Waals surface area contributed by atoms with E-state index in [4.69, 9.17) is 0 Å². The van der Waals surface area contributed by atoms with Crippen LogP contribution in [0, 0.1) is 5.92 Å². The van der Waals surface area contributed by atoms with Crippen molar-refractivity contribution < 1.29 is 0 Å². The summed E-state index contributed by atoms with van der Waals surface area (Å²) in [7, 11) is 0. The van der Waals surface area contributed by atoms with Crippen molar-refractivity contribution in [3.63, 3.8) is 0 Å². The van der Waals surface area contributed by atoms with Crippen LogP contribution in [0.25, 0.3) is 0 Å². The Balaban J connectivity index is 1.74. The van der Waals surface area contributed by atoms with Crippen LogP contribution >= 0.6 is 15.9 Å². The van der Waals surface area contributed by atoms with E-state index in [-0.39, 0.29) is 0 Å². The van der Waals surface area contributed by atoms with Crippen LogP contribution in [0.2, 0.25) is 0 Å². The minimum absolute atomic E-state index is 0.843. The lowest BCUT2D eigenvalue weighted by atomic mass is 10.2. The lowest BCUT2D eigenvalue weighted by molar-refractivity contribution is 0.719. The highest BCUT2D eigenvalue weighted by Gasteiger charge is 2.33. The Morgan fingerprint density at radius 3 is 2.25 bits per heavy atom. The fraction of sp³-hybridized carbons (Fsp3) is 0.571. The Hall–Kier alpha value is -0.500. The second-order valence-electron chi connectivity index (χ2n) is 5.13. The zero-order valence-electron chi connectivity index (χ0n) is 9.53. The van der Waals surface area contributed by atoms with E-state index >= 15 is 0 Å². The molecule has 2 aliphatic carbocycles. The van der Waals surface area contributed by atoms with Gasteiger partial charge in [-0.15, -0.1) is 0 Å². The van der Waals surface area contributed by atoms with Crippen molar-refractivity contribution in [2.45, 2.75) is 37.1 Å². The molecule has 0 aromatic heterocycles. The van der Waals surface area contributed by atoms with Crippen LogP contribution in [0.15, 0.2) is 24.3 Å². The highest BCUT2D eigenvalue weighted by Crippen LogP contribution is 2.37. The Kier molecular flexibility index (Phi) is 2.93. The summed E-state index contributed by atoms with van der Waals surface area (Å²) in [5.74, 6) is 0.983. The van der Waals surface area contributed by atoms with E-state index in [0.29, 0.717) is 0 Å². The molecule has 0 radical (unpaired) electrons. The van der Waals surface area contributed by atoms with Gasteiger partial charge in [-0.1, -0.05) is 28.1 Å². The van der Waals surface area contributed by atoms with Gasteiger partial charge >= 0.3 is 0 Å². The smallest absolute Gasteiger partial charge is 0.0368 e. The number of benzene rings is 1. The fourth-order valence-electron chi connectivity index (χ4n) is 2.21. The molecule has 2 heteroatoms. The van der Waals surface area contributed by atoms with E-state index in [1.165, 1.54) is 43.5 Å². The van der Waals surface area contributed by atoms with Crippen LogP contribution < -0.4 is 4.90 Å². The van der Waals surface area contributed by atoms with Crippen molar-refractivity contribution in [1.29, 1.82) is 0 Å². The van der Waals surface area contributed by atoms with Gasteiger partial charge in [0.05, 0.1) is 0 Å². The van der Waals surface area contributed by atoms with Gasteiger partial charge in [-0.25, -0.2) is 0 Å². The van der Waals surface area contributed by atoms with Crippen LogP contribution in [-0.2, 0) is 5.33 Å². The first-order chi connectivity index (χ1) is 7.86. The first-order valence-electron chi connectivity index (χ1n) is 6.28. The number of alkyl halides is 1. The molecule has 2 saturated carbocycles. The maximum Gasteiger partial charge on any atom is 0.0368 e. The third kappa shape index (κ3) is 2.42. The highest BCUT2D eigenvalue weighted by molar-refractivity contribution is 9.08. The number of hydrogen-bond acceptors (Lipinski definition) is 1. The van der Waals surface area contributed by atoms with E-state index in [1.54, 1.807) is 0 Å². The van der Waals surface area contributed by atoms with Crippen molar-refractivity contribution in [3.05, 3.63) is 29.8 Å². The summed E-state index contributed by atoms with van der Waals surface area (Å²) in [6.45, 7) is 1.29. The second-order valence-corrected chi connectivity index (χ2v) is 5.69. The Morgan fingerprint density at radius 1 is 1.06 bits per heavy atom. The van der Waals surface area contributed by atoms with Gasteiger partial charge in [-0.2, -0.15) is 0 Å². The average molecular weight is 280 g/mol. The molecule has 0 bridgehead atoms. The molecule has 86 valence electrons.